The van der Waals surface area contributed by atoms with Crippen LogP contribution in [-0.4, -0.2) is 51.6 Å². The highest BCUT2D eigenvalue weighted by atomic mass is 16.5. The lowest BCUT2D eigenvalue weighted by molar-refractivity contribution is 0.373. The molecule has 0 fully saturated rings. The van der Waals surface area contributed by atoms with E-state index in [0.717, 1.165) is 23.0 Å². The summed E-state index contributed by atoms with van der Waals surface area (Å²) in [5.74, 6) is 2.92. The summed E-state index contributed by atoms with van der Waals surface area (Å²) in [5, 5.41) is 7.08. The summed E-state index contributed by atoms with van der Waals surface area (Å²) >= 11 is 0. The Balaban J connectivity index is 1.54. The molecule has 0 atom stereocenters. The number of hydrogen-bond donors (Lipinski definition) is 2. The average Bonchev–Trinajstić information content (AvgIpc) is 3.28. The van der Waals surface area contributed by atoms with E-state index >= 15 is 0 Å². The van der Waals surface area contributed by atoms with Gasteiger partial charge in [-0.3, -0.25) is 4.99 Å². The summed E-state index contributed by atoms with van der Waals surface area (Å²) in [4.78, 5) is 18.3. The quantitative estimate of drug-likeness (QED) is 0.520. The second-order valence-corrected chi connectivity index (χ2v) is 5.92. The van der Waals surface area contributed by atoms with Crippen molar-refractivity contribution in [3.63, 3.8) is 0 Å². The molecule has 0 amide bonds. The molecule has 8 heteroatoms. The Labute approximate surface area is 152 Å². The molecule has 136 valence electrons. The molecule has 0 saturated carbocycles. The van der Waals surface area contributed by atoms with Crippen LogP contribution in [0, 0.1) is 6.92 Å². The molecule has 3 rings (SSSR count). The van der Waals surface area contributed by atoms with E-state index in [4.69, 9.17) is 4.52 Å². The predicted octanol–water partition coefficient (Wildman–Crippen LogP) is 2.02. The molecule has 2 N–H and O–H groups in total. The zero-order chi connectivity index (χ0) is 18.4. The lowest BCUT2D eigenvalue weighted by Crippen LogP contribution is -2.39. The largest absolute Gasteiger partial charge is 0.356 e. The number of aromatic nitrogens is 4. The third kappa shape index (κ3) is 4.47. The van der Waals surface area contributed by atoms with Crippen LogP contribution >= 0.6 is 0 Å². The van der Waals surface area contributed by atoms with Crippen LogP contribution in [0.1, 0.15) is 17.5 Å². The van der Waals surface area contributed by atoms with Crippen LogP contribution in [0.4, 0.5) is 0 Å². The van der Waals surface area contributed by atoms with Crippen LogP contribution in [0.3, 0.4) is 0 Å². The molecule has 26 heavy (non-hydrogen) atoms. The molecule has 0 aliphatic rings. The fourth-order valence-corrected chi connectivity index (χ4v) is 2.61. The Morgan fingerprint density at radius 1 is 1.31 bits per heavy atom. The first-order valence-electron chi connectivity index (χ1n) is 8.46. The Hall–Kier alpha value is -3.16. The molecule has 1 aromatic carbocycles. The number of nitrogens with zero attached hydrogens (tertiary/aromatic N) is 5. The molecule has 0 radical (unpaired) electrons. The van der Waals surface area contributed by atoms with Gasteiger partial charge in [0.2, 0.25) is 5.89 Å². The maximum absolute atomic E-state index is 5.11. The van der Waals surface area contributed by atoms with Gasteiger partial charge in [-0.2, -0.15) is 4.98 Å². The van der Waals surface area contributed by atoms with Crippen molar-refractivity contribution in [3.8, 4) is 11.3 Å². The number of guanidine groups is 1. The fraction of sp³-hybridized carbons (Fsp3) is 0.333. The lowest BCUT2D eigenvalue weighted by atomic mass is 10.2. The van der Waals surface area contributed by atoms with E-state index in [1.807, 2.05) is 36.3 Å². The topological polar surface area (TPSA) is 95.2 Å². The Kier molecular flexibility index (Phi) is 5.62. The van der Waals surface area contributed by atoms with Gasteiger partial charge in [0.05, 0.1) is 18.4 Å². The monoisotopic (exact) mass is 353 g/mol. The first kappa shape index (κ1) is 17.7. The number of rotatable bonds is 6. The van der Waals surface area contributed by atoms with Crippen LogP contribution in [-0.2, 0) is 13.0 Å². The van der Waals surface area contributed by atoms with Crippen molar-refractivity contribution in [3.05, 3.63) is 54.1 Å². The number of aliphatic imine (C=N–C) groups is 1. The fourth-order valence-electron chi connectivity index (χ4n) is 2.61. The van der Waals surface area contributed by atoms with Gasteiger partial charge in [0.15, 0.2) is 11.8 Å². The molecule has 2 heterocycles. The van der Waals surface area contributed by atoms with E-state index in [1.54, 1.807) is 14.0 Å². The van der Waals surface area contributed by atoms with Crippen molar-refractivity contribution in [1.82, 2.24) is 30.3 Å². The number of nitrogens with one attached hydrogen (secondary N) is 2. The number of aryl methyl sites for hydroxylation is 1. The summed E-state index contributed by atoms with van der Waals surface area (Å²) in [6.45, 7) is 3.08. The highest BCUT2D eigenvalue weighted by Gasteiger charge is 2.10. The van der Waals surface area contributed by atoms with E-state index in [9.17, 15) is 0 Å². The van der Waals surface area contributed by atoms with Gasteiger partial charge in [0, 0.05) is 27.1 Å². The molecule has 0 unspecified atom stereocenters. The first-order valence-corrected chi connectivity index (χ1v) is 8.46. The number of aromatic amines is 1. The smallest absolute Gasteiger partial charge is 0.228 e. The third-order valence-electron chi connectivity index (χ3n) is 3.87. The number of benzene rings is 1. The van der Waals surface area contributed by atoms with Crippen LogP contribution in [0.5, 0.6) is 0 Å². The van der Waals surface area contributed by atoms with E-state index < -0.39 is 0 Å². The van der Waals surface area contributed by atoms with Gasteiger partial charge < -0.3 is 19.7 Å². The SMILES string of the molecule is CN=C(NCCc1nc(C)no1)N(C)Cc1ncc(-c2ccccc2)[nH]1. The number of imidazole rings is 1. The van der Waals surface area contributed by atoms with E-state index in [2.05, 4.69) is 42.6 Å². The van der Waals surface area contributed by atoms with Gasteiger partial charge in [0.25, 0.3) is 0 Å². The first-order chi connectivity index (χ1) is 12.7. The molecule has 3 aromatic rings. The maximum Gasteiger partial charge on any atom is 0.228 e. The molecular weight excluding hydrogens is 330 g/mol. The summed E-state index contributed by atoms with van der Waals surface area (Å²) in [6.07, 6.45) is 2.50. The van der Waals surface area contributed by atoms with Gasteiger partial charge in [0.1, 0.15) is 5.82 Å². The van der Waals surface area contributed by atoms with Crippen LogP contribution in [0.2, 0.25) is 0 Å². The average molecular weight is 353 g/mol. The minimum atomic E-state index is 0.617. The zero-order valence-corrected chi connectivity index (χ0v) is 15.2. The Bertz CT molecular complexity index is 853. The predicted molar refractivity (Wildman–Crippen MR) is 99.6 cm³/mol. The zero-order valence-electron chi connectivity index (χ0n) is 15.2. The van der Waals surface area contributed by atoms with E-state index in [0.29, 0.717) is 31.2 Å². The minimum Gasteiger partial charge on any atom is -0.356 e. The van der Waals surface area contributed by atoms with Gasteiger partial charge in [-0.15, -0.1) is 0 Å². The molecule has 8 nitrogen and oxygen atoms in total. The van der Waals surface area contributed by atoms with Crippen molar-refractivity contribution in [2.75, 3.05) is 20.6 Å². The molecular formula is C18H23N7O. The van der Waals surface area contributed by atoms with Crippen LogP contribution < -0.4 is 5.32 Å². The molecule has 0 spiro atoms. The van der Waals surface area contributed by atoms with Crippen molar-refractivity contribution in [2.24, 2.45) is 4.99 Å². The molecule has 0 aliphatic carbocycles. The summed E-state index contributed by atoms with van der Waals surface area (Å²) in [7, 11) is 3.73. The second kappa shape index (κ2) is 8.28. The van der Waals surface area contributed by atoms with Crippen LogP contribution in [0.25, 0.3) is 11.3 Å². The van der Waals surface area contributed by atoms with Gasteiger partial charge in [-0.05, 0) is 12.5 Å². The summed E-state index contributed by atoms with van der Waals surface area (Å²) in [5.41, 5.74) is 2.12. The second-order valence-electron chi connectivity index (χ2n) is 5.92. The van der Waals surface area contributed by atoms with Crippen LogP contribution in [0.15, 0.2) is 46.0 Å². The van der Waals surface area contributed by atoms with Crippen molar-refractivity contribution >= 4 is 5.96 Å². The van der Waals surface area contributed by atoms with Gasteiger partial charge in [-0.25, -0.2) is 4.98 Å². The Morgan fingerprint density at radius 3 is 2.81 bits per heavy atom. The standard InChI is InChI=1S/C18H23N7O/c1-13-22-17(26-24-13)9-10-20-18(19-2)25(3)12-16-21-11-15(23-16)14-7-5-4-6-8-14/h4-8,11H,9-10,12H2,1-3H3,(H,19,20)(H,21,23). The van der Waals surface area contributed by atoms with Crippen molar-refractivity contribution < 1.29 is 4.52 Å². The number of H-pyrrole nitrogens is 1. The lowest BCUT2D eigenvalue weighted by Gasteiger charge is -2.20. The van der Waals surface area contributed by atoms with Crippen molar-refractivity contribution in [2.45, 2.75) is 19.9 Å². The normalized spacial score (nSPS) is 11.6. The minimum absolute atomic E-state index is 0.617. The highest BCUT2D eigenvalue weighted by molar-refractivity contribution is 5.79. The van der Waals surface area contributed by atoms with Gasteiger partial charge >= 0.3 is 0 Å². The van der Waals surface area contributed by atoms with Crippen molar-refractivity contribution in [1.29, 1.82) is 0 Å². The maximum atomic E-state index is 5.11. The summed E-state index contributed by atoms with van der Waals surface area (Å²) < 4.78 is 5.11. The molecule has 0 saturated heterocycles. The Morgan fingerprint density at radius 2 is 2.12 bits per heavy atom. The third-order valence-corrected chi connectivity index (χ3v) is 3.87. The molecule has 2 aromatic heterocycles. The molecule has 0 aliphatic heterocycles. The highest BCUT2D eigenvalue weighted by Crippen LogP contribution is 2.16. The van der Waals surface area contributed by atoms with E-state index in [-0.39, 0.29) is 0 Å². The summed E-state index contributed by atoms with van der Waals surface area (Å²) in [6, 6.07) is 10.1. The van der Waals surface area contributed by atoms with Gasteiger partial charge in [-0.1, -0.05) is 35.5 Å². The molecule has 0 bridgehead atoms. The van der Waals surface area contributed by atoms with E-state index in [1.165, 1.54) is 0 Å². The number of hydrogen-bond acceptors (Lipinski definition) is 5.